The molecule has 0 bridgehead atoms. The van der Waals surface area contributed by atoms with Gasteiger partial charge >= 0.3 is 0 Å². The van der Waals surface area contributed by atoms with Gasteiger partial charge in [-0.1, -0.05) is 0 Å². The fourth-order valence-corrected chi connectivity index (χ4v) is 1.60. The molecule has 0 saturated heterocycles. The number of carbonyl (C=O) groups excluding carboxylic acids is 1. The van der Waals surface area contributed by atoms with Gasteiger partial charge in [-0.3, -0.25) is 4.79 Å². The minimum atomic E-state index is 0.329. The zero-order valence-corrected chi connectivity index (χ0v) is 8.89. The first-order valence-electron chi connectivity index (χ1n) is 4.01. The van der Waals surface area contributed by atoms with E-state index in [9.17, 15) is 4.79 Å². The van der Waals surface area contributed by atoms with Gasteiger partial charge in [0.1, 0.15) is 0 Å². The van der Waals surface area contributed by atoms with Crippen molar-refractivity contribution in [3.63, 3.8) is 0 Å². The standard InChI is InChI=1S/C10H11O3S/c1-12-9-4-3-8(14-6-5-11)7-10(9)13-2/h3-4,7H,6H2,1-2H3. The van der Waals surface area contributed by atoms with E-state index in [2.05, 4.69) is 0 Å². The maximum Gasteiger partial charge on any atom is 0.209 e. The first kappa shape index (κ1) is 10.9. The summed E-state index contributed by atoms with van der Waals surface area (Å²) in [4.78, 5) is 11.0. The molecule has 1 radical (unpaired) electrons. The monoisotopic (exact) mass is 211 g/mol. The molecule has 0 aromatic heterocycles. The Hall–Kier alpha value is -1.16. The largest absolute Gasteiger partial charge is 0.493 e. The Morgan fingerprint density at radius 2 is 2.00 bits per heavy atom. The molecular formula is C10H11O3S. The van der Waals surface area contributed by atoms with Gasteiger partial charge in [0, 0.05) is 4.90 Å². The smallest absolute Gasteiger partial charge is 0.209 e. The Bertz CT molecular complexity index is 312. The Morgan fingerprint density at radius 1 is 1.29 bits per heavy atom. The van der Waals surface area contributed by atoms with Gasteiger partial charge in [0.05, 0.1) is 20.0 Å². The number of hydrogen-bond acceptors (Lipinski definition) is 4. The summed E-state index contributed by atoms with van der Waals surface area (Å²) in [6.07, 6.45) is 1.82. The maximum atomic E-state index is 10.1. The molecule has 0 N–H and O–H groups in total. The summed E-state index contributed by atoms with van der Waals surface area (Å²) in [6, 6.07) is 5.52. The number of hydrogen-bond donors (Lipinski definition) is 0. The summed E-state index contributed by atoms with van der Waals surface area (Å²) in [5.41, 5.74) is 0. The van der Waals surface area contributed by atoms with Crippen LogP contribution in [0.4, 0.5) is 0 Å². The zero-order chi connectivity index (χ0) is 10.4. The van der Waals surface area contributed by atoms with Crippen LogP contribution in [0.3, 0.4) is 0 Å². The molecule has 4 heteroatoms. The van der Waals surface area contributed by atoms with Crippen LogP contribution < -0.4 is 9.47 Å². The first-order chi connectivity index (χ1) is 6.81. The van der Waals surface area contributed by atoms with Crippen LogP contribution in [0.5, 0.6) is 11.5 Å². The third kappa shape index (κ3) is 2.67. The van der Waals surface area contributed by atoms with Crippen molar-refractivity contribution >= 4 is 18.0 Å². The van der Waals surface area contributed by atoms with Gasteiger partial charge in [0.2, 0.25) is 6.29 Å². The fourth-order valence-electron chi connectivity index (χ4n) is 1.02. The van der Waals surface area contributed by atoms with Gasteiger partial charge < -0.3 is 9.47 Å². The van der Waals surface area contributed by atoms with Crippen LogP contribution in [-0.4, -0.2) is 26.3 Å². The van der Waals surface area contributed by atoms with Crippen molar-refractivity contribution < 1.29 is 14.3 Å². The Labute approximate surface area is 87.4 Å². The van der Waals surface area contributed by atoms with Gasteiger partial charge in [0.15, 0.2) is 11.5 Å². The van der Waals surface area contributed by atoms with E-state index in [1.165, 1.54) is 11.8 Å². The highest BCUT2D eigenvalue weighted by molar-refractivity contribution is 7.99. The molecular weight excluding hydrogens is 200 g/mol. The Balaban J connectivity index is 2.83. The molecule has 1 aromatic rings. The summed E-state index contributed by atoms with van der Waals surface area (Å²) < 4.78 is 10.2. The van der Waals surface area contributed by atoms with Gasteiger partial charge in [0.25, 0.3) is 0 Å². The topological polar surface area (TPSA) is 35.5 Å². The zero-order valence-electron chi connectivity index (χ0n) is 8.07. The number of benzene rings is 1. The van der Waals surface area contributed by atoms with Crippen molar-refractivity contribution in [1.29, 1.82) is 0 Å². The lowest BCUT2D eigenvalue weighted by molar-refractivity contribution is 0.354. The van der Waals surface area contributed by atoms with Crippen LogP contribution in [0.25, 0.3) is 0 Å². The van der Waals surface area contributed by atoms with E-state index >= 15 is 0 Å². The Morgan fingerprint density at radius 3 is 2.57 bits per heavy atom. The molecule has 0 spiro atoms. The number of ether oxygens (including phenoxy) is 2. The van der Waals surface area contributed by atoms with Crippen LogP contribution in [0.2, 0.25) is 0 Å². The minimum absolute atomic E-state index is 0.329. The second-order valence-corrected chi connectivity index (χ2v) is 3.50. The summed E-state index contributed by atoms with van der Waals surface area (Å²) in [7, 11) is 3.17. The van der Waals surface area contributed by atoms with E-state index in [0.717, 1.165) is 4.90 Å². The van der Waals surface area contributed by atoms with E-state index < -0.39 is 0 Å². The molecule has 0 aliphatic heterocycles. The molecule has 75 valence electrons. The summed E-state index contributed by atoms with van der Waals surface area (Å²) in [5.74, 6) is 1.69. The molecule has 0 atom stereocenters. The van der Waals surface area contributed by atoms with Gasteiger partial charge in [-0.05, 0) is 18.2 Å². The number of rotatable bonds is 5. The maximum absolute atomic E-state index is 10.1. The highest BCUT2D eigenvalue weighted by Gasteiger charge is 2.04. The third-order valence-corrected chi connectivity index (χ3v) is 2.50. The highest BCUT2D eigenvalue weighted by Crippen LogP contribution is 2.31. The summed E-state index contributed by atoms with van der Waals surface area (Å²) in [6.45, 7) is 0. The van der Waals surface area contributed by atoms with E-state index in [4.69, 9.17) is 9.47 Å². The average molecular weight is 211 g/mol. The molecule has 0 unspecified atom stereocenters. The quantitative estimate of drug-likeness (QED) is 0.697. The molecule has 0 heterocycles. The van der Waals surface area contributed by atoms with Crippen LogP contribution in [0.1, 0.15) is 0 Å². The number of thioether (sulfide) groups is 1. The van der Waals surface area contributed by atoms with E-state index in [0.29, 0.717) is 17.3 Å². The van der Waals surface area contributed by atoms with Crippen LogP contribution in [-0.2, 0) is 4.79 Å². The van der Waals surface area contributed by atoms with Crippen LogP contribution in [0.15, 0.2) is 23.1 Å². The molecule has 0 aliphatic rings. The van der Waals surface area contributed by atoms with Crippen molar-refractivity contribution in [2.24, 2.45) is 0 Å². The Kier molecular flexibility index (Phi) is 4.32. The molecule has 14 heavy (non-hydrogen) atoms. The average Bonchev–Trinajstić information content (AvgIpc) is 2.25. The molecule has 0 aliphatic carbocycles. The molecule has 0 fully saturated rings. The van der Waals surface area contributed by atoms with Crippen molar-refractivity contribution in [1.82, 2.24) is 0 Å². The van der Waals surface area contributed by atoms with E-state index in [1.807, 2.05) is 24.5 Å². The van der Waals surface area contributed by atoms with Crippen molar-refractivity contribution in [3.8, 4) is 11.5 Å². The van der Waals surface area contributed by atoms with Crippen LogP contribution in [0, 0.1) is 0 Å². The molecule has 0 saturated carbocycles. The lowest BCUT2D eigenvalue weighted by Gasteiger charge is -2.08. The van der Waals surface area contributed by atoms with Gasteiger partial charge in [-0.2, -0.15) is 0 Å². The first-order valence-corrected chi connectivity index (χ1v) is 5.00. The van der Waals surface area contributed by atoms with Crippen LogP contribution >= 0.6 is 11.8 Å². The van der Waals surface area contributed by atoms with E-state index in [-0.39, 0.29) is 0 Å². The lowest BCUT2D eigenvalue weighted by atomic mass is 10.3. The van der Waals surface area contributed by atoms with E-state index in [1.54, 1.807) is 14.2 Å². The van der Waals surface area contributed by atoms with Crippen molar-refractivity contribution in [2.45, 2.75) is 4.90 Å². The van der Waals surface area contributed by atoms with Gasteiger partial charge in [-0.15, -0.1) is 11.8 Å². The van der Waals surface area contributed by atoms with Crippen molar-refractivity contribution in [3.05, 3.63) is 18.2 Å². The minimum Gasteiger partial charge on any atom is -0.493 e. The number of methoxy groups -OCH3 is 2. The summed E-state index contributed by atoms with van der Waals surface area (Å²) in [5, 5.41) is 0. The molecule has 0 amide bonds. The second kappa shape index (κ2) is 5.54. The highest BCUT2D eigenvalue weighted by atomic mass is 32.2. The fraction of sp³-hybridized carbons (Fsp3) is 0.300. The predicted molar refractivity (Wildman–Crippen MR) is 56.0 cm³/mol. The SMILES string of the molecule is COc1ccc(SC[C]=O)cc1OC. The predicted octanol–water partition coefficient (Wildman–Crippen LogP) is 1.91. The normalized spacial score (nSPS) is 9.57. The second-order valence-electron chi connectivity index (χ2n) is 2.45. The van der Waals surface area contributed by atoms with Crippen molar-refractivity contribution in [2.75, 3.05) is 20.0 Å². The molecule has 1 rings (SSSR count). The summed E-state index contributed by atoms with van der Waals surface area (Å²) >= 11 is 1.41. The molecule has 1 aromatic carbocycles. The lowest BCUT2D eigenvalue weighted by Crippen LogP contribution is -1.90. The third-order valence-electron chi connectivity index (χ3n) is 1.65. The van der Waals surface area contributed by atoms with Gasteiger partial charge in [-0.25, -0.2) is 0 Å². The molecule has 3 nitrogen and oxygen atoms in total.